The van der Waals surface area contributed by atoms with Crippen LogP contribution in [0.3, 0.4) is 0 Å². The van der Waals surface area contributed by atoms with Crippen molar-refractivity contribution in [3.05, 3.63) is 65.7 Å². The lowest BCUT2D eigenvalue weighted by atomic mass is 10.1. The van der Waals surface area contributed by atoms with Crippen molar-refractivity contribution in [2.45, 2.75) is 0 Å². The van der Waals surface area contributed by atoms with Gasteiger partial charge in [0.2, 0.25) is 5.78 Å². The highest BCUT2D eigenvalue weighted by molar-refractivity contribution is 6.33. The van der Waals surface area contributed by atoms with Gasteiger partial charge in [-0.15, -0.1) is 0 Å². The topological polar surface area (TPSA) is 60.4 Å². The zero-order valence-electron chi connectivity index (χ0n) is 9.91. The SMILES string of the molecule is O=CC(=O)c1ccc(C(=O)Oc2ccccc2)cc1. The predicted molar refractivity (Wildman–Crippen MR) is 68.2 cm³/mol. The Kier molecular flexibility index (Phi) is 3.83. The fraction of sp³-hybridized carbons (Fsp3) is 0. The van der Waals surface area contributed by atoms with Crippen LogP contribution >= 0.6 is 0 Å². The van der Waals surface area contributed by atoms with E-state index in [4.69, 9.17) is 4.74 Å². The van der Waals surface area contributed by atoms with Gasteiger partial charge in [-0.2, -0.15) is 0 Å². The molecular weight excluding hydrogens is 244 g/mol. The summed E-state index contributed by atoms with van der Waals surface area (Å²) in [5.41, 5.74) is 0.553. The molecule has 0 spiro atoms. The van der Waals surface area contributed by atoms with E-state index >= 15 is 0 Å². The van der Waals surface area contributed by atoms with Gasteiger partial charge in [0.1, 0.15) is 5.75 Å². The van der Waals surface area contributed by atoms with Crippen molar-refractivity contribution in [2.75, 3.05) is 0 Å². The van der Waals surface area contributed by atoms with Crippen LogP contribution in [-0.4, -0.2) is 18.0 Å². The molecule has 0 aliphatic rings. The molecule has 0 saturated carbocycles. The number of aldehydes is 1. The van der Waals surface area contributed by atoms with Crippen molar-refractivity contribution in [1.82, 2.24) is 0 Å². The molecule has 0 aliphatic carbocycles. The maximum absolute atomic E-state index is 11.8. The van der Waals surface area contributed by atoms with Crippen molar-refractivity contribution in [3.8, 4) is 5.75 Å². The van der Waals surface area contributed by atoms with Gasteiger partial charge in [-0.25, -0.2) is 4.79 Å². The second-order valence-electron chi connectivity index (χ2n) is 3.76. The number of hydrogen-bond acceptors (Lipinski definition) is 4. The number of para-hydroxylation sites is 1. The van der Waals surface area contributed by atoms with Crippen LogP contribution in [0.25, 0.3) is 0 Å². The molecule has 0 amide bonds. The van der Waals surface area contributed by atoms with Crippen LogP contribution in [0.1, 0.15) is 20.7 Å². The van der Waals surface area contributed by atoms with E-state index in [0.717, 1.165) is 0 Å². The lowest BCUT2D eigenvalue weighted by Gasteiger charge is -2.04. The Bertz CT molecular complexity index is 600. The Morgan fingerprint density at radius 1 is 0.842 bits per heavy atom. The molecule has 0 atom stereocenters. The Morgan fingerprint density at radius 2 is 1.42 bits per heavy atom. The number of Topliss-reactive ketones (excluding diaryl/α,β-unsaturated/α-hetero) is 1. The number of ether oxygens (including phenoxy) is 1. The average molecular weight is 254 g/mol. The predicted octanol–water partition coefficient (Wildman–Crippen LogP) is 2.29. The molecule has 0 heterocycles. The molecule has 0 aromatic heterocycles. The molecule has 0 saturated heterocycles. The molecule has 0 N–H and O–H groups in total. The molecule has 0 bridgehead atoms. The number of hydrogen-bond donors (Lipinski definition) is 0. The molecule has 4 heteroatoms. The summed E-state index contributed by atoms with van der Waals surface area (Å²) in [5, 5.41) is 0. The average Bonchev–Trinajstić information content (AvgIpc) is 2.47. The van der Waals surface area contributed by atoms with E-state index in [-0.39, 0.29) is 11.8 Å². The van der Waals surface area contributed by atoms with Gasteiger partial charge in [0.05, 0.1) is 5.56 Å². The third-order valence-electron chi connectivity index (χ3n) is 2.47. The minimum atomic E-state index is -0.622. The summed E-state index contributed by atoms with van der Waals surface area (Å²) in [6, 6.07) is 14.4. The number of benzene rings is 2. The van der Waals surface area contributed by atoms with E-state index in [2.05, 4.69) is 0 Å². The van der Waals surface area contributed by atoms with Crippen molar-refractivity contribution < 1.29 is 19.1 Å². The highest BCUT2D eigenvalue weighted by Gasteiger charge is 2.10. The van der Waals surface area contributed by atoms with Gasteiger partial charge in [-0.05, 0) is 24.3 Å². The molecule has 2 aromatic rings. The zero-order chi connectivity index (χ0) is 13.7. The summed E-state index contributed by atoms with van der Waals surface area (Å²) in [6.45, 7) is 0. The molecule has 4 nitrogen and oxygen atoms in total. The maximum atomic E-state index is 11.8. The van der Waals surface area contributed by atoms with Crippen molar-refractivity contribution >= 4 is 18.0 Å². The summed E-state index contributed by atoms with van der Waals surface area (Å²) in [5.74, 6) is -0.695. The third kappa shape index (κ3) is 3.13. The standard InChI is InChI=1S/C15H10O4/c16-10-14(17)11-6-8-12(9-7-11)15(18)19-13-4-2-1-3-5-13/h1-10H. The number of carbonyl (C=O) groups excluding carboxylic acids is 3. The lowest BCUT2D eigenvalue weighted by Crippen LogP contribution is -2.09. The van der Waals surface area contributed by atoms with Crippen LogP contribution in [-0.2, 0) is 4.79 Å². The molecule has 0 fully saturated rings. The number of carbonyl (C=O) groups is 3. The third-order valence-corrected chi connectivity index (χ3v) is 2.47. The van der Waals surface area contributed by atoms with Crippen LogP contribution in [0.15, 0.2) is 54.6 Å². The minimum absolute atomic E-state index is 0.233. The number of esters is 1. The number of rotatable bonds is 4. The second-order valence-corrected chi connectivity index (χ2v) is 3.76. The van der Waals surface area contributed by atoms with Gasteiger partial charge in [-0.3, -0.25) is 9.59 Å². The van der Waals surface area contributed by atoms with E-state index in [9.17, 15) is 14.4 Å². The molecule has 94 valence electrons. The van der Waals surface area contributed by atoms with Gasteiger partial charge in [-0.1, -0.05) is 30.3 Å². The molecular formula is C15H10O4. The van der Waals surface area contributed by atoms with Crippen LogP contribution < -0.4 is 4.74 Å². The molecule has 2 rings (SSSR count). The van der Waals surface area contributed by atoms with Crippen LogP contribution in [0.2, 0.25) is 0 Å². The molecule has 0 radical (unpaired) electrons. The normalized spacial score (nSPS) is 9.68. The van der Waals surface area contributed by atoms with E-state index in [1.165, 1.54) is 24.3 Å². The van der Waals surface area contributed by atoms with Crippen LogP contribution in [0.5, 0.6) is 5.75 Å². The van der Waals surface area contributed by atoms with Crippen LogP contribution in [0, 0.1) is 0 Å². The summed E-state index contributed by atoms with van der Waals surface area (Å²) in [4.78, 5) is 33.2. The Hall–Kier alpha value is -2.75. The maximum Gasteiger partial charge on any atom is 0.343 e. The van der Waals surface area contributed by atoms with Crippen molar-refractivity contribution in [2.24, 2.45) is 0 Å². The van der Waals surface area contributed by atoms with Crippen molar-refractivity contribution in [1.29, 1.82) is 0 Å². The van der Waals surface area contributed by atoms with Gasteiger partial charge in [0.25, 0.3) is 0 Å². The summed E-state index contributed by atoms with van der Waals surface area (Å²) in [6.07, 6.45) is 0.233. The highest BCUT2D eigenvalue weighted by atomic mass is 16.5. The second kappa shape index (κ2) is 5.73. The fourth-order valence-electron chi connectivity index (χ4n) is 1.49. The first-order valence-electron chi connectivity index (χ1n) is 5.57. The Morgan fingerprint density at radius 3 is 2.00 bits per heavy atom. The summed E-state index contributed by atoms with van der Waals surface area (Å²) >= 11 is 0. The monoisotopic (exact) mass is 254 g/mol. The van der Waals surface area contributed by atoms with E-state index in [1.54, 1.807) is 24.3 Å². The highest BCUT2D eigenvalue weighted by Crippen LogP contribution is 2.12. The van der Waals surface area contributed by atoms with Crippen LogP contribution in [0.4, 0.5) is 0 Å². The van der Waals surface area contributed by atoms with E-state index < -0.39 is 11.8 Å². The first-order chi connectivity index (χ1) is 9.20. The van der Waals surface area contributed by atoms with Gasteiger partial charge >= 0.3 is 5.97 Å². The number of ketones is 1. The largest absolute Gasteiger partial charge is 0.423 e. The quantitative estimate of drug-likeness (QED) is 0.276. The Labute approximate surface area is 109 Å². The molecule has 0 aliphatic heterocycles. The van der Waals surface area contributed by atoms with Gasteiger partial charge in [0.15, 0.2) is 6.29 Å². The fourth-order valence-corrected chi connectivity index (χ4v) is 1.49. The minimum Gasteiger partial charge on any atom is -0.423 e. The zero-order valence-corrected chi connectivity index (χ0v) is 9.91. The molecule has 2 aromatic carbocycles. The van der Waals surface area contributed by atoms with E-state index in [1.807, 2.05) is 6.07 Å². The summed E-state index contributed by atoms with van der Waals surface area (Å²) in [7, 11) is 0. The van der Waals surface area contributed by atoms with Gasteiger partial charge in [0, 0.05) is 5.56 Å². The molecule has 0 unspecified atom stereocenters. The van der Waals surface area contributed by atoms with E-state index in [0.29, 0.717) is 11.3 Å². The van der Waals surface area contributed by atoms with Crippen molar-refractivity contribution in [3.63, 3.8) is 0 Å². The first kappa shape index (κ1) is 12.7. The van der Waals surface area contributed by atoms with Gasteiger partial charge < -0.3 is 4.74 Å². The Balaban J connectivity index is 2.12. The molecule has 19 heavy (non-hydrogen) atoms. The summed E-state index contributed by atoms with van der Waals surface area (Å²) < 4.78 is 5.13. The lowest BCUT2D eigenvalue weighted by molar-refractivity contribution is -0.104. The first-order valence-corrected chi connectivity index (χ1v) is 5.57. The smallest absolute Gasteiger partial charge is 0.343 e.